The number of para-hydroxylation sites is 1. The standard InChI is InChI=1S/C20H31N3O4S/c1-7-25-17(26-8-2)13(3)21-12-14-10-9-11-15-16(14)22-18(28-15)23-19(24)27-20(4,5)6/h9-11,13,17,21H,7-8,12H2,1-6H3,(H,22,23,24). The molecule has 156 valence electrons. The Labute approximate surface area is 170 Å². The number of nitrogens with zero attached hydrogens (tertiary/aromatic N) is 1. The first-order valence-electron chi connectivity index (χ1n) is 9.58. The second kappa shape index (κ2) is 10.2. The summed E-state index contributed by atoms with van der Waals surface area (Å²) in [5, 5.41) is 6.68. The molecule has 8 heteroatoms. The van der Waals surface area contributed by atoms with Crippen molar-refractivity contribution in [1.29, 1.82) is 0 Å². The Morgan fingerprint density at radius 2 is 1.89 bits per heavy atom. The van der Waals surface area contributed by atoms with Gasteiger partial charge in [0.2, 0.25) is 0 Å². The lowest BCUT2D eigenvalue weighted by molar-refractivity contribution is -0.151. The van der Waals surface area contributed by atoms with Crippen LogP contribution in [-0.4, -0.2) is 42.2 Å². The summed E-state index contributed by atoms with van der Waals surface area (Å²) in [6.07, 6.45) is -0.801. The minimum absolute atomic E-state index is 0.0214. The number of hydrogen-bond donors (Lipinski definition) is 2. The number of benzene rings is 1. The molecule has 0 bridgehead atoms. The smallest absolute Gasteiger partial charge is 0.413 e. The maximum Gasteiger partial charge on any atom is 0.413 e. The molecule has 1 aromatic heterocycles. The van der Waals surface area contributed by atoms with Gasteiger partial charge in [-0.25, -0.2) is 9.78 Å². The summed E-state index contributed by atoms with van der Waals surface area (Å²) < 4.78 is 17.6. The molecule has 0 aliphatic rings. The van der Waals surface area contributed by atoms with E-state index < -0.39 is 11.7 Å². The molecular formula is C20H31N3O4S. The van der Waals surface area contributed by atoms with E-state index in [1.807, 2.05) is 59.7 Å². The SMILES string of the molecule is CCOC(OCC)C(C)NCc1cccc2sc(NC(=O)OC(C)(C)C)nc12. The average Bonchev–Trinajstić information content (AvgIpc) is 3.00. The Bertz CT molecular complexity index is 766. The number of hydrogen-bond acceptors (Lipinski definition) is 7. The van der Waals surface area contributed by atoms with Gasteiger partial charge in [-0.2, -0.15) is 0 Å². The van der Waals surface area contributed by atoms with Gasteiger partial charge >= 0.3 is 6.09 Å². The molecule has 0 saturated heterocycles. The summed E-state index contributed by atoms with van der Waals surface area (Å²) in [5.41, 5.74) is 1.36. The van der Waals surface area contributed by atoms with E-state index in [9.17, 15) is 4.79 Å². The lowest BCUT2D eigenvalue weighted by atomic mass is 10.2. The highest BCUT2D eigenvalue weighted by atomic mass is 32.1. The van der Waals surface area contributed by atoms with Crippen molar-refractivity contribution >= 4 is 32.8 Å². The Morgan fingerprint density at radius 1 is 1.21 bits per heavy atom. The van der Waals surface area contributed by atoms with Crippen molar-refractivity contribution in [2.24, 2.45) is 0 Å². The molecule has 0 radical (unpaired) electrons. The predicted molar refractivity (Wildman–Crippen MR) is 113 cm³/mol. The zero-order valence-electron chi connectivity index (χ0n) is 17.5. The highest BCUT2D eigenvalue weighted by Crippen LogP contribution is 2.28. The van der Waals surface area contributed by atoms with Gasteiger partial charge in [0.05, 0.1) is 16.3 Å². The van der Waals surface area contributed by atoms with Crippen LogP contribution in [0.25, 0.3) is 10.2 Å². The van der Waals surface area contributed by atoms with Crippen LogP contribution in [0, 0.1) is 0 Å². The number of thiazole rings is 1. The number of anilines is 1. The first-order chi connectivity index (χ1) is 13.2. The number of fused-ring (bicyclic) bond motifs is 1. The normalized spacial score (nSPS) is 13.1. The summed E-state index contributed by atoms with van der Waals surface area (Å²) >= 11 is 1.42. The van der Waals surface area contributed by atoms with Crippen LogP contribution in [0.5, 0.6) is 0 Å². The Kier molecular flexibility index (Phi) is 8.18. The molecular weight excluding hydrogens is 378 g/mol. The minimum atomic E-state index is -0.552. The Morgan fingerprint density at radius 3 is 2.50 bits per heavy atom. The van der Waals surface area contributed by atoms with Gasteiger partial charge in [-0.1, -0.05) is 23.5 Å². The van der Waals surface area contributed by atoms with Crippen LogP contribution in [0.2, 0.25) is 0 Å². The average molecular weight is 410 g/mol. The van der Waals surface area contributed by atoms with Gasteiger partial charge in [0.25, 0.3) is 0 Å². The molecule has 0 aliphatic heterocycles. The van der Waals surface area contributed by atoms with Crippen LogP contribution in [0.1, 0.15) is 47.1 Å². The molecule has 28 heavy (non-hydrogen) atoms. The maximum atomic E-state index is 12.0. The van der Waals surface area contributed by atoms with Crippen molar-refractivity contribution in [3.8, 4) is 0 Å². The molecule has 2 aromatic rings. The molecule has 0 fully saturated rings. The summed E-state index contributed by atoms with van der Waals surface area (Å²) in [4.78, 5) is 16.6. The fourth-order valence-electron chi connectivity index (χ4n) is 2.63. The second-order valence-corrected chi connectivity index (χ2v) is 8.39. The molecule has 2 rings (SSSR count). The largest absolute Gasteiger partial charge is 0.444 e. The van der Waals surface area contributed by atoms with Crippen molar-refractivity contribution in [2.45, 2.75) is 66.0 Å². The molecule has 1 heterocycles. The van der Waals surface area contributed by atoms with Gasteiger partial charge in [-0.05, 0) is 53.2 Å². The maximum absolute atomic E-state index is 12.0. The third kappa shape index (κ3) is 6.70. The number of amides is 1. The fourth-order valence-corrected chi connectivity index (χ4v) is 3.52. The third-order valence-electron chi connectivity index (χ3n) is 3.80. The van der Waals surface area contributed by atoms with Crippen molar-refractivity contribution < 1.29 is 19.0 Å². The Hall–Kier alpha value is -1.74. The van der Waals surface area contributed by atoms with Crippen LogP contribution < -0.4 is 10.6 Å². The molecule has 1 amide bonds. The summed E-state index contributed by atoms with van der Waals surface area (Å²) in [7, 11) is 0. The van der Waals surface area contributed by atoms with Gasteiger partial charge in [-0.3, -0.25) is 5.32 Å². The van der Waals surface area contributed by atoms with E-state index >= 15 is 0 Å². The number of aromatic nitrogens is 1. The molecule has 0 saturated carbocycles. The number of nitrogens with one attached hydrogen (secondary N) is 2. The minimum Gasteiger partial charge on any atom is -0.444 e. The molecule has 0 aliphatic carbocycles. The van der Waals surface area contributed by atoms with Crippen LogP contribution in [0.4, 0.5) is 9.93 Å². The fraction of sp³-hybridized carbons (Fsp3) is 0.600. The lowest BCUT2D eigenvalue weighted by Crippen LogP contribution is -2.40. The highest BCUT2D eigenvalue weighted by Gasteiger charge is 2.19. The first kappa shape index (κ1) is 22.5. The lowest BCUT2D eigenvalue weighted by Gasteiger charge is -2.24. The van der Waals surface area contributed by atoms with Gasteiger partial charge in [0.1, 0.15) is 5.60 Å². The zero-order chi connectivity index (χ0) is 20.7. The molecule has 1 unspecified atom stereocenters. The van der Waals surface area contributed by atoms with Crippen LogP contribution in [-0.2, 0) is 20.8 Å². The molecule has 7 nitrogen and oxygen atoms in total. The van der Waals surface area contributed by atoms with Crippen molar-refractivity contribution in [2.75, 3.05) is 18.5 Å². The molecule has 0 spiro atoms. The molecule has 1 aromatic carbocycles. The van der Waals surface area contributed by atoms with Crippen molar-refractivity contribution in [1.82, 2.24) is 10.3 Å². The van der Waals surface area contributed by atoms with E-state index in [4.69, 9.17) is 14.2 Å². The molecule has 2 N–H and O–H groups in total. The van der Waals surface area contributed by atoms with E-state index in [0.29, 0.717) is 24.9 Å². The topological polar surface area (TPSA) is 81.7 Å². The van der Waals surface area contributed by atoms with Crippen molar-refractivity contribution in [3.63, 3.8) is 0 Å². The molecule has 1 atom stereocenters. The number of carbonyl (C=O) groups is 1. The number of rotatable bonds is 9. The summed E-state index contributed by atoms with van der Waals surface area (Å²) in [6.45, 7) is 13.2. The third-order valence-corrected chi connectivity index (χ3v) is 4.73. The van der Waals surface area contributed by atoms with E-state index in [1.54, 1.807) is 0 Å². The van der Waals surface area contributed by atoms with E-state index in [2.05, 4.69) is 15.6 Å². The van der Waals surface area contributed by atoms with Crippen LogP contribution >= 0.6 is 11.3 Å². The second-order valence-electron chi connectivity index (χ2n) is 7.36. The zero-order valence-corrected chi connectivity index (χ0v) is 18.3. The summed E-state index contributed by atoms with van der Waals surface area (Å²) in [5.74, 6) is 0. The van der Waals surface area contributed by atoms with Crippen LogP contribution in [0.3, 0.4) is 0 Å². The summed E-state index contributed by atoms with van der Waals surface area (Å²) in [6, 6.07) is 6.02. The van der Waals surface area contributed by atoms with Crippen LogP contribution in [0.15, 0.2) is 18.2 Å². The monoisotopic (exact) mass is 409 g/mol. The highest BCUT2D eigenvalue weighted by molar-refractivity contribution is 7.22. The first-order valence-corrected chi connectivity index (χ1v) is 10.4. The van der Waals surface area contributed by atoms with Gasteiger partial charge in [0, 0.05) is 19.8 Å². The number of ether oxygens (including phenoxy) is 3. The van der Waals surface area contributed by atoms with Gasteiger partial charge in [-0.15, -0.1) is 0 Å². The number of carbonyl (C=O) groups excluding carboxylic acids is 1. The Balaban J connectivity index is 2.07. The quantitative estimate of drug-likeness (QED) is 0.593. The van der Waals surface area contributed by atoms with E-state index in [1.165, 1.54) is 11.3 Å². The van der Waals surface area contributed by atoms with E-state index in [-0.39, 0.29) is 12.3 Å². The van der Waals surface area contributed by atoms with Gasteiger partial charge < -0.3 is 19.5 Å². The van der Waals surface area contributed by atoms with E-state index in [0.717, 1.165) is 15.8 Å². The van der Waals surface area contributed by atoms with Crippen molar-refractivity contribution in [3.05, 3.63) is 23.8 Å². The van der Waals surface area contributed by atoms with Gasteiger partial charge in [0.15, 0.2) is 11.4 Å². The predicted octanol–water partition coefficient (Wildman–Crippen LogP) is 4.52.